The normalized spacial score (nSPS) is 6.17. The number of azide groups is 1. The van der Waals surface area contributed by atoms with Crippen LogP contribution in [0.3, 0.4) is 0 Å². The molecule has 3 nitrogen and oxygen atoms in total. The highest BCUT2D eigenvalue weighted by Crippen LogP contribution is 2.00. The molecule has 0 saturated carbocycles. The summed E-state index contributed by atoms with van der Waals surface area (Å²) >= 11 is 1.83. The first-order chi connectivity index (χ1) is 2.77. The van der Waals surface area contributed by atoms with Crippen LogP contribution in [0.5, 0.6) is 0 Å². The summed E-state index contributed by atoms with van der Waals surface area (Å²) in [7, 11) is 0. The minimum absolute atomic E-state index is 0.468. The molecule has 0 amide bonds. The average Bonchev–Trinajstić information content (AvgIpc) is 1.35. The molecule has 0 rings (SSSR count). The molecule has 0 aliphatic heterocycles. The summed E-state index contributed by atoms with van der Waals surface area (Å²) in [5.41, 5.74) is 7.63. The Balaban J connectivity index is 3.60. The van der Waals surface area contributed by atoms with Crippen LogP contribution in [0.15, 0.2) is 15.4 Å². The van der Waals surface area contributed by atoms with E-state index in [1.165, 1.54) is 0 Å². The maximum absolute atomic E-state index is 7.63. The van der Waals surface area contributed by atoms with Crippen molar-refractivity contribution in [2.75, 3.05) is 0 Å². The van der Waals surface area contributed by atoms with Crippen molar-refractivity contribution in [1.29, 1.82) is 0 Å². The molecule has 0 aromatic carbocycles. The number of halogens is 1. The van der Waals surface area contributed by atoms with Crippen LogP contribution in [-0.4, -0.2) is 0 Å². The zero-order valence-corrected chi connectivity index (χ0v) is 5.08. The second-order valence-corrected chi connectivity index (χ2v) is 1.81. The van der Waals surface area contributed by atoms with Gasteiger partial charge in [0.1, 0.15) is 0 Å². The van der Waals surface area contributed by atoms with Gasteiger partial charge in [0.2, 0.25) is 0 Å². The minimum Gasteiger partial charge on any atom is -0.0833 e. The summed E-state index contributed by atoms with van der Waals surface area (Å²) in [6, 6.07) is 0. The Hall–Kier alpha value is -0.220. The molecule has 0 atom stereocenters. The lowest BCUT2D eigenvalue weighted by Crippen LogP contribution is -1.41. The summed E-state index contributed by atoms with van der Waals surface area (Å²) in [5.74, 6) is 0. The molecule has 0 aromatic heterocycles. The summed E-state index contributed by atoms with van der Waals surface area (Å²) in [6.07, 6.45) is 0. The molecular formula is C2H2IN3. The fourth-order valence-electron chi connectivity index (χ4n) is 0.0485. The van der Waals surface area contributed by atoms with Crippen molar-refractivity contribution in [1.82, 2.24) is 0 Å². The fourth-order valence-corrected chi connectivity index (χ4v) is 0.145. The average molecular weight is 195 g/mol. The van der Waals surface area contributed by atoms with Crippen LogP contribution in [0.2, 0.25) is 0 Å². The monoisotopic (exact) mass is 195 g/mol. The van der Waals surface area contributed by atoms with Gasteiger partial charge in [-0.2, -0.15) is 0 Å². The molecule has 0 bridgehead atoms. The third-order valence-electron chi connectivity index (χ3n) is 0.153. The molecule has 0 fully saturated rings. The first kappa shape index (κ1) is 5.78. The molecule has 0 aromatic rings. The first-order valence-corrected chi connectivity index (χ1v) is 2.24. The summed E-state index contributed by atoms with van der Waals surface area (Å²) in [4.78, 5) is 2.45. The zero-order chi connectivity index (χ0) is 4.99. The predicted molar refractivity (Wildman–Crippen MR) is 32.3 cm³/mol. The second kappa shape index (κ2) is 2.99. The van der Waals surface area contributed by atoms with Gasteiger partial charge in [-0.15, -0.1) is 0 Å². The molecule has 0 radical (unpaired) electrons. The van der Waals surface area contributed by atoms with Gasteiger partial charge in [0.25, 0.3) is 0 Å². The van der Waals surface area contributed by atoms with Gasteiger partial charge in [-0.05, 0) is 28.1 Å². The molecule has 0 aliphatic carbocycles. The topological polar surface area (TPSA) is 48.8 Å². The Bertz CT molecular complexity index is 101. The molecule has 0 N–H and O–H groups in total. The van der Waals surface area contributed by atoms with Crippen molar-refractivity contribution in [3.63, 3.8) is 0 Å². The van der Waals surface area contributed by atoms with Gasteiger partial charge in [-0.3, -0.25) is 0 Å². The SMILES string of the molecule is C=C(I)N=[N+]=[N-]. The Morgan fingerprint density at radius 3 is 2.50 bits per heavy atom. The van der Waals surface area contributed by atoms with Crippen molar-refractivity contribution in [2.45, 2.75) is 0 Å². The molecule has 0 spiro atoms. The van der Waals surface area contributed by atoms with Crippen LogP contribution in [0.4, 0.5) is 0 Å². The van der Waals surface area contributed by atoms with Gasteiger partial charge in [0.15, 0.2) is 0 Å². The second-order valence-electron chi connectivity index (χ2n) is 0.566. The molecule has 6 heavy (non-hydrogen) atoms. The highest BCUT2D eigenvalue weighted by molar-refractivity contribution is 14.1. The van der Waals surface area contributed by atoms with E-state index in [0.29, 0.717) is 3.70 Å². The van der Waals surface area contributed by atoms with Gasteiger partial charge in [-0.1, -0.05) is 11.7 Å². The van der Waals surface area contributed by atoms with Gasteiger partial charge < -0.3 is 0 Å². The Labute approximate surface area is 48.8 Å². The van der Waals surface area contributed by atoms with E-state index in [2.05, 4.69) is 16.6 Å². The molecule has 4 heteroatoms. The van der Waals surface area contributed by atoms with E-state index in [-0.39, 0.29) is 0 Å². The zero-order valence-electron chi connectivity index (χ0n) is 2.93. The highest BCUT2D eigenvalue weighted by Gasteiger charge is 1.67. The minimum atomic E-state index is 0.468. The van der Waals surface area contributed by atoms with Crippen LogP contribution >= 0.6 is 22.6 Å². The number of nitrogens with zero attached hydrogens (tertiary/aromatic N) is 3. The first-order valence-electron chi connectivity index (χ1n) is 1.17. The van der Waals surface area contributed by atoms with E-state index >= 15 is 0 Å². The predicted octanol–water partition coefficient (Wildman–Crippen LogP) is 2.20. The number of hydrogen-bond donors (Lipinski definition) is 0. The number of rotatable bonds is 1. The van der Waals surface area contributed by atoms with E-state index in [1.54, 1.807) is 0 Å². The molecule has 0 heterocycles. The van der Waals surface area contributed by atoms with E-state index in [1.807, 2.05) is 22.6 Å². The van der Waals surface area contributed by atoms with Crippen molar-refractivity contribution in [2.24, 2.45) is 5.11 Å². The molecule has 32 valence electrons. The van der Waals surface area contributed by atoms with E-state index in [9.17, 15) is 0 Å². The maximum Gasteiger partial charge on any atom is 0.0690 e. The number of hydrogen-bond acceptors (Lipinski definition) is 1. The third-order valence-corrected chi connectivity index (χ3v) is 0.369. The summed E-state index contributed by atoms with van der Waals surface area (Å²) < 4.78 is 0.468. The summed E-state index contributed by atoms with van der Waals surface area (Å²) in [5, 5.41) is 3.10. The smallest absolute Gasteiger partial charge is 0.0690 e. The standard InChI is InChI=1S/C2H2IN3/c1-2(3)5-6-4/h1H2. The van der Waals surface area contributed by atoms with Gasteiger partial charge in [0, 0.05) is 4.91 Å². The lowest BCUT2D eigenvalue weighted by molar-refractivity contribution is 1.51. The van der Waals surface area contributed by atoms with E-state index < -0.39 is 0 Å². The lowest BCUT2D eigenvalue weighted by Gasteiger charge is -1.66. The van der Waals surface area contributed by atoms with Crippen molar-refractivity contribution in [3.8, 4) is 0 Å². The van der Waals surface area contributed by atoms with Crippen LogP contribution < -0.4 is 0 Å². The Morgan fingerprint density at radius 1 is 2.00 bits per heavy atom. The lowest BCUT2D eigenvalue weighted by atomic mass is 11.1. The van der Waals surface area contributed by atoms with Gasteiger partial charge >= 0.3 is 0 Å². The fraction of sp³-hybridized carbons (Fsp3) is 0. The quantitative estimate of drug-likeness (QED) is 0.202. The van der Waals surface area contributed by atoms with Gasteiger partial charge in [0.05, 0.1) is 3.70 Å². The van der Waals surface area contributed by atoms with Crippen molar-refractivity contribution >= 4 is 22.6 Å². The third kappa shape index (κ3) is 3.78. The van der Waals surface area contributed by atoms with Crippen LogP contribution in [0.25, 0.3) is 10.4 Å². The van der Waals surface area contributed by atoms with Crippen LogP contribution in [-0.2, 0) is 0 Å². The molecule has 0 saturated heterocycles. The maximum atomic E-state index is 7.63. The van der Waals surface area contributed by atoms with Crippen LogP contribution in [0.1, 0.15) is 0 Å². The molecule has 0 unspecified atom stereocenters. The van der Waals surface area contributed by atoms with Gasteiger partial charge in [-0.25, -0.2) is 0 Å². The molecular weight excluding hydrogens is 193 g/mol. The van der Waals surface area contributed by atoms with E-state index in [4.69, 9.17) is 5.53 Å². The largest absolute Gasteiger partial charge is 0.0833 e. The van der Waals surface area contributed by atoms with Crippen molar-refractivity contribution in [3.05, 3.63) is 20.7 Å². The highest BCUT2D eigenvalue weighted by atomic mass is 127. The Morgan fingerprint density at radius 2 is 2.50 bits per heavy atom. The molecule has 0 aliphatic rings. The van der Waals surface area contributed by atoms with Crippen molar-refractivity contribution < 1.29 is 0 Å². The van der Waals surface area contributed by atoms with Crippen LogP contribution in [0, 0.1) is 0 Å². The summed E-state index contributed by atoms with van der Waals surface area (Å²) in [6.45, 7) is 3.31. The Kier molecular flexibility index (Phi) is 2.88. The van der Waals surface area contributed by atoms with E-state index in [0.717, 1.165) is 0 Å².